The van der Waals surface area contributed by atoms with Gasteiger partial charge in [0, 0.05) is 12.6 Å². The minimum Gasteiger partial charge on any atom is -0.394 e. The van der Waals surface area contributed by atoms with Crippen LogP contribution >= 0.6 is 11.6 Å². The van der Waals surface area contributed by atoms with Crippen LogP contribution < -0.4 is 5.32 Å². The highest BCUT2D eigenvalue weighted by Crippen LogP contribution is 2.10. The van der Waals surface area contributed by atoms with Crippen molar-refractivity contribution >= 4 is 17.4 Å². The minimum absolute atomic E-state index is 0.225. The van der Waals surface area contributed by atoms with Crippen LogP contribution in [0.4, 0.5) is 5.82 Å². The molecule has 78 valence electrons. The summed E-state index contributed by atoms with van der Waals surface area (Å²) >= 11 is 5.70. The molecular weight excluding hydrogens is 206 g/mol. The molecule has 0 spiro atoms. The van der Waals surface area contributed by atoms with Gasteiger partial charge in [-0.25, -0.2) is 9.97 Å². The van der Waals surface area contributed by atoms with E-state index in [1.54, 1.807) is 13.0 Å². The number of nitrogens with one attached hydrogen (secondary N) is 1. The number of halogens is 1. The van der Waals surface area contributed by atoms with Crippen LogP contribution in [0.2, 0.25) is 5.15 Å². The Morgan fingerprint density at radius 2 is 2.29 bits per heavy atom. The molecule has 1 aromatic rings. The van der Waals surface area contributed by atoms with Crippen molar-refractivity contribution in [2.45, 2.75) is 13.0 Å². The molecule has 5 nitrogen and oxygen atoms in total. The van der Waals surface area contributed by atoms with Crippen molar-refractivity contribution in [1.82, 2.24) is 9.97 Å². The molecule has 1 unspecified atom stereocenters. The zero-order valence-corrected chi connectivity index (χ0v) is 8.49. The van der Waals surface area contributed by atoms with Gasteiger partial charge >= 0.3 is 0 Å². The molecule has 6 heteroatoms. The van der Waals surface area contributed by atoms with Crippen molar-refractivity contribution in [3.8, 4) is 0 Å². The minimum atomic E-state index is -0.802. The van der Waals surface area contributed by atoms with E-state index in [0.717, 1.165) is 0 Å². The first kappa shape index (κ1) is 11.2. The van der Waals surface area contributed by atoms with Crippen LogP contribution in [-0.2, 0) is 0 Å². The van der Waals surface area contributed by atoms with E-state index >= 15 is 0 Å². The van der Waals surface area contributed by atoms with Crippen LogP contribution in [-0.4, -0.2) is 39.4 Å². The Morgan fingerprint density at radius 1 is 1.57 bits per heavy atom. The lowest BCUT2D eigenvalue weighted by Crippen LogP contribution is -2.23. The van der Waals surface area contributed by atoms with Gasteiger partial charge in [-0.15, -0.1) is 0 Å². The lowest BCUT2D eigenvalue weighted by Gasteiger charge is -2.09. The number of rotatable bonds is 4. The van der Waals surface area contributed by atoms with E-state index in [4.69, 9.17) is 21.8 Å². The topological polar surface area (TPSA) is 78.3 Å². The highest BCUT2D eigenvalue weighted by Gasteiger charge is 2.03. The van der Waals surface area contributed by atoms with E-state index in [-0.39, 0.29) is 13.2 Å². The second kappa shape index (κ2) is 5.09. The molecule has 0 aromatic carbocycles. The van der Waals surface area contributed by atoms with Crippen molar-refractivity contribution in [3.63, 3.8) is 0 Å². The van der Waals surface area contributed by atoms with Gasteiger partial charge in [-0.2, -0.15) is 0 Å². The number of aromatic nitrogens is 2. The van der Waals surface area contributed by atoms with Gasteiger partial charge in [0.05, 0.1) is 12.7 Å². The molecule has 1 rings (SSSR count). The Morgan fingerprint density at radius 3 is 2.86 bits per heavy atom. The van der Waals surface area contributed by atoms with E-state index in [1.165, 1.54) is 0 Å². The molecule has 0 fully saturated rings. The van der Waals surface area contributed by atoms with Crippen molar-refractivity contribution < 1.29 is 10.2 Å². The SMILES string of the molecule is Cc1nc(Cl)cc(NCC(O)CO)n1. The number of nitrogens with zero attached hydrogens (tertiary/aromatic N) is 2. The lowest BCUT2D eigenvalue weighted by atomic mass is 10.4. The Hall–Kier alpha value is -0.910. The highest BCUT2D eigenvalue weighted by atomic mass is 35.5. The molecular formula is C8H12ClN3O2. The Labute approximate surface area is 86.8 Å². The molecule has 1 heterocycles. The van der Waals surface area contributed by atoms with Crippen molar-refractivity contribution in [1.29, 1.82) is 0 Å². The first-order valence-electron chi connectivity index (χ1n) is 4.16. The van der Waals surface area contributed by atoms with Crippen molar-refractivity contribution in [3.05, 3.63) is 17.0 Å². The summed E-state index contributed by atoms with van der Waals surface area (Å²) in [4.78, 5) is 7.92. The largest absolute Gasteiger partial charge is 0.394 e. The first-order chi connectivity index (χ1) is 6.61. The van der Waals surface area contributed by atoms with E-state index in [1.807, 2.05) is 0 Å². The molecule has 1 aromatic heterocycles. The average Bonchev–Trinajstić information content (AvgIpc) is 2.12. The summed E-state index contributed by atoms with van der Waals surface area (Å²) < 4.78 is 0. The van der Waals surface area contributed by atoms with Crippen LogP contribution in [0.3, 0.4) is 0 Å². The van der Waals surface area contributed by atoms with E-state index in [9.17, 15) is 0 Å². The molecule has 0 aliphatic heterocycles. The third-order valence-electron chi connectivity index (χ3n) is 1.54. The highest BCUT2D eigenvalue weighted by molar-refractivity contribution is 6.29. The molecule has 0 saturated carbocycles. The number of hydrogen-bond acceptors (Lipinski definition) is 5. The van der Waals surface area contributed by atoms with Gasteiger partial charge in [-0.3, -0.25) is 0 Å². The van der Waals surface area contributed by atoms with E-state index < -0.39 is 6.10 Å². The molecule has 0 saturated heterocycles. The quantitative estimate of drug-likeness (QED) is 0.629. The van der Waals surface area contributed by atoms with Crippen LogP contribution in [0.25, 0.3) is 0 Å². The summed E-state index contributed by atoms with van der Waals surface area (Å²) in [6.45, 7) is 1.66. The third-order valence-corrected chi connectivity index (χ3v) is 1.73. The number of hydrogen-bond donors (Lipinski definition) is 3. The van der Waals surface area contributed by atoms with Gasteiger partial charge in [0.1, 0.15) is 16.8 Å². The van der Waals surface area contributed by atoms with Gasteiger partial charge < -0.3 is 15.5 Å². The summed E-state index contributed by atoms with van der Waals surface area (Å²) in [5.74, 6) is 1.09. The van der Waals surface area contributed by atoms with Gasteiger partial charge in [0.2, 0.25) is 0 Å². The second-order valence-electron chi connectivity index (χ2n) is 2.84. The maximum atomic E-state index is 9.07. The van der Waals surface area contributed by atoms with Crippen LogP contribution in [0, 0.1) is 6.92 Å². The standard InChI is InChI=1S/C8H12ClN3O2/c1-5-11-7(9)2-8(12-5)10-3-6(14)4-13/h2,6,13-14H,3-4H2,1H3,(H,10,11,12). The summed E-state index contributed by atoms with van der Waals surface area (Å²) in [5.41, 5.74) is 0. The normalized spacial score (nSPS) is 12.6. The van der Waals surface area contributed by atoms with Gasteiger partial charge in [0.15, 0.2) is 0 Å². The fourth-order valence-electron chi connectivity index (χ4n) is 0.909. The number of aliphatic hydroxyl groups excluding tert-OH is 2. The second-order valence-corrected chi connectivity index (χ2v) is 3.23. The fraction of sp³-hybridized carbons (Fsp3) is 0.500. The smallest absolute Gasteiger partial charge is 0.134 e. The third kappa shape index (κ3) is 3.45. The molecule has 3 N–H and O–H groups in total. The number of anilines is 1. The fourth-order valence-corrected chi connectivity index (χ4v) is 1.13. The average molecular weight is 218 g/mol. The first-order valence-corrected chi connectivity index (χ1v) is 4.53. The van der Waals surface area contributed by atoms with Gasteiger partial charge in [0.25, 0.3) is 0 Å². The molecule has 0 aliphatic rings. The zero-order chi connectivity index (χ0) is 10.6. The van der Waals surface area contributed by atoms with Crippen LogP contribution in [0.5, 0.6) is 0 Å². The van der Waals surface area contributed by atoms with Crippen molar-refractivity contribution in [2.24, 2.45) is 0 Å². The monoisotopic (exact) mass is 217 g/mol. The molecule has 0 bridgehead atoms. The van der Waals surface area contributed by atoms with E-state index in [0.29, 0.717) is 16.8 Å². The van der Waals surface area contributed by atoms with Crippen LogP contribution in [0.1, 0.15) is 5.82 Å². The summed E-state index contributed by atoms with van der Waals surface area (Å²) in [7, 11) is 0. The molecule has 1 atom stereocenters. The van der Waals surface area contributed by atoms with Gasteiger partial charge in [-0.05, 0) is 6.92 Å². The number of aryl methyl sites for hydroxylation is 1. The van der Waals surface area contributed by atoms with Crippen molar-refractivity contribution in [2.75, 3.05) is 18.5 Å². The Balaban J connectivity index is 2.58. The summed E-state index contributed by atoms with van der Waals surface area (Å²) in [5, 5.41) is 20.8. The Bertz CT molecular complexity index is 288. The summed E-state index contributed by atoms with van der Waals surface area (Å²) in [6, 6.07) is 1.55. The maximum absolute atomic E-state index is 9.07. The molecule has 0 aliphatic carbocycles. The number of aliphatic hydroxyl groups is 2. The predicted octanol–water partition coefficient (Wildman–Crippen LogP) is 0.204. The van der Waals surface area contributed by atoms with Gasteiger partial charge in [-0.1, -0.05) is 11.6 Å². The van der Waals surface area contributed by atoms with E-state index in [2.05, 4.69) is 15.3 Å². The predicted molar refractivity (Wildman–Crippen MR) is 53.4 cm³/mol. The molecule has 14 heavy (non-hydrogen) atoms. The summed E-state index contributed by atoms with van der Waals surface area (Å²) in [6.07, 6.45) is -0.802. The zero-order valence-electron chi connectivity index (χ0n) is 7.74. The van der Waals surface area contributed by atoms with Crippen LogP contribution in [0.15, 0.2) is 6.07 Å². The Kier molecular flexibility index (Phi) is 4.06. The molecule has 0 radical (unpaired) electrons. The maximum Gasteiger partial charge on any atom is 0.134 e. The lowest BCUT2D eigenvalue weighted by molar-refractivity contribution is 0.105. The molecule has 0 amide bonds.